The van der Waals surface area contributed by atoms with Crippen molar-refractivity contribution < 1.29 is 31.2 Å². The molecule has 1 aromatic carbocycles. The van der Waals surface area contributed by atoms with Crippen LogP contribution in [0.25, 0.3) is 0 Å². The van der Waals surface area contributed by atoms with Crippen molar-refractivity contribution in [1.29, 1.82) is 0 Å². The lowest BCUT2D eigenvalue weighted by atomic mass is 9.97. The smallest absolute Gasteiger partial charge is 0.364 e. The third-order valence-corrected chi connectivity index (χ3v) is 7.37. The number of nitrogens with two attached hydrogens (primary N) is 1. The first-order valence-corrected chi connectivity index (χ1v) is 11.2. The number of sulfonamides is 1. The van der Waals surface area contributed by atoms with E-state index >= 15 is 0 Å². The number of amides is 2. The lowest BCUT2D eigenvalue weighted by Gasteiger charge is -2.30. The van der Waals surface area contributed by atoms with E-state index in [-0.39, 0.29) is 47.8 Å². The lowest BCUT2D eigenvalue weighted by Crippen LogP contribution is -2.41. The van der Waals surface area contributed by atoms with Crippen molar-refractivity contribution in [3.8, 4) is 0 Å². The third kappa shape index (κ3) is 4.80. The van der Waals surface area contributed by atoms with Gasteiger partial charge in [0.15, 0.2) is 0 Å². The first-order valence-electron chi connectivity index (χ1n) is 9.75. The fraction of sp³-hybridized carbons (Fsp3) is 0.400. The number of carbonyl (C=O) groups excluding carboxylic acids is 2. The molecule has 8 nitrogen and oxygen atoms in total. The molecule has 1 fully saturated rings. The summed E-state index contributed by atoms with van der Waals surface area (Å²) in [6.45, 7) is 1.45. The SMILES string of the molecule is Cc1ccc(NC(=O)C2CCN(S(=O)(=O)c3cc(C(N)=O)n(C)c3)CC2)cc1C(F)(F)F. The zero-order valence-electron chi connectivity index (χ0n) is 17.4. The maximum Gasteiger partial charge on any atom is 0.416 e. The number of primary amides is 1. The molecule has 1 aliphatic rings. The molecule has 3 rings (SSSR count). The molecule has 0 aliphatic carbocycles. The van der Waals surface area contributed by atoms with Gasteiger partial charge in [0.05, 0.1) is 5.56 Å². The van der Waals surface area contributed by atoms with Gasteiger partial charge in [-0.3, -0.25) is 9.59 Å². The number of anilines is 1. The monoisotopic (exact) mass is 472 g/mol. The summed E-state index contributed by atoms with van der Waals surface area (Å²) in [7, 11) is -2.38. The van der Waals surface area contributed by atoms with Crippen molar-refractivity contribution in [3.63, 3.8) is 0 Å². The van der Waals surface area contributed by atoms with Gasteiger partial charge in [0.2, 0.25) is 15.9 Å². The van der Waals surface area contributed by atoms with Crippen LogP contribution in [0.5, 0.6) is 0 Å². The summed E-state index contributed by atoms with van der Waals surface area (Å²) < 4.78 is 67.5. The van der Waals surface area contributed by atoms with Crippen LogP contribution in [0.4, 0.5) is 18.9 Å². The topological polar surface area (TPSA) is 114 Å². The number of hydrogen-bond donors (Lipinski definition) is 2. The van der Waals surface area contributed by atoms with Crippen molar-refractivity contribution in [2.24, 2.45) is 18.7 Å². The standard InChI is InChI=1S/C20H23F3N4O4S/c1-12-3-4-14(9-16(12)20(21,22)23)25-19(29)13-5-7-27(8-6-13)32(30,31)15-10-17(18(24)28)26(2)11-15/h3-4,9-11,13H,5-8H2,1-2H3,(H2,24,28)(H,25,29). The Balaban J connectivity index is 1.66. The fourth-order valence-electron chi connectivity index (χ4n) is 3.68. The van der Waals surface area contributed by atoms with Gasteiger partial charge >= 0.3 is 6.18 Å². The molecule has 32 heavy (non-hydrogen) atoms. The van der Waals surface area contributed by atoms with Crippen LogP contribution < -0.4 is 11.1 Å². The maximum atomic E-state index is 13.1. The Bertz CT molecular complexity index is 1150. The van der Waals surface area contributed by atoms with E-state index in [9.17, 15) is 31.2 Å². The summed E-state index contributed by atoms with van der Waals surface area (Å²) in [5.74, 6) is -1.77. The Morgan fingerprint density at radius 1 is 1.16 bits per heavy atom. The van der Waals surface area contributed by atoms with Crippen LogP contribution in [0.15, 0.2) is 35.4 Å². The number of alkyl halides is 3. The van der Waals surface area contributed by atoms with Crippen molar-refractivity contribution in [2.75, 3.05) is 18.4 Å². The van der Waals surface area contributed by atoms with Crippen LogP contribution in [0.3, 0.4) is 0 Å². The molecule has 2 aromatic rings. The molecule has 174 valence electrons. The van der Waals surface area contributed by atoms with E-state index < -0.39 is 39.5 Å². The number of halogens is 3. The molecular formula is C20H23F3N4O4S. The highest BCUT2D eigenvalue weighted by Gasteiger charge is 2.35. The number of nitrogens with zero attached hydrogens (tertiary/aromatic N) is 2. The lowest BCUT2D eigenvalue weighted by molar-refractivity contribution is -0.138. The number of benzene rings is 1. The fourth-order valence-corrected chi connectivity index (χ4v) is 5.22. The molecule has 0 bridgehead atoms. The minimum absolute atomic E-state index is 0.0336. The summed E-state index contributed by atoms with van der Waals surface area (Å²) in [6, 6.07) is 4.77. The normalized spacial score (nSPS) is 16.2. The Labute approximate surface area is 183 Å². The summed E-state index contributed by atoms with van der Waals surface area (Å²) in [5.41, 5.74) is 4.54. The molecule has 1 aromatic heterocycles. The van der Waals surface area contributed by atoms with E-state index in [0.29, 0.717) is 0 Å². The van der Waals surface area contributed by atoms with E-state index in [1.54, 1.807) is 0 Å². The number of hydrogen-bond acceptors (Lipinski definition) is 4. The van der Waals surface area contributed by atoms with Gasteiger partial charge in [0.1, 0.15) is 10.6 Å². The zero-order valence-corrected chi connectivity index (χ0v) is 18.3. The second-order valence-corrected chi connectivity index (χ2v) is 9.67. The van der Waals surface area contributed by atoms with Crippen LogP contribution in [0, 0.1) is 12.8 Å². The van der Waals surface area contributed by atoms with Gasteiger partial charge in [-0.05, 0) is 43.5 Å². The molecule has 1 saturated heterocycles. The number of rotatable bonds is 5. The minimum Gasteiger partial charge on any atom is -0.364 e. The maximum absolute atomic E-state index is 13.1. The molecule has 0 atom stereocenters. The van der Waals surface area contributed by atoms with Crippen LogP contribution in [-0.4, -0.2) is 42.2 Å². The Hall–Kier alpha value is -2.86. The van der Waals surface area contributed by atoms with Crippen molar-refractivity contribution in [2.45, 2.75) is 30.8 Å². The van der Waals surface area contributed by atoms with Gasteiger partial charge in [-0.15, -0.1) is 0 Å². The van der Waals surface area contributed by atoms with E-state index in [0.717, 1.165) is 6.07 Å². The quantitative estimate of drug-likeness (QED) is 0.696. The molecule has 1 aliphatic heterocycles. The van der Waals surface area contributed by atoms with Gasteiger partial charge in [-0.25, -0.2) is 8.42 Å². The first-order chi connectivity index (χ1) is 14.8. The van der Waals surface area contributed by atoms with Gasteiger partial charge in [0.25, 0.3) is 5.91 Å². The number of aromatic nitrogens is 1. The average molecular weight is 472 g/mol. The van der Waals surface area contributed by atoms with Crippen LogP contribution in [-0.2, 0) is 28.0 Å². The van der Waals surface area contributed by atoms with Crippen LogP contribution in [0.1, 0.15) is 34.5 Å². The molecule has 0 unspecified atom stereocenters. The Kier molecular flexibility index (Phi) is 6.38. The minimum atomic E-state index is -4.53. The van der Waals surface area contributed by atoms with Crippen molar-refractivity contribution in [1.82, 2.24) is 8.87 Å². The summed E-state index contributed by atoms with van der Waals surface area (Å²) in [4.78, 5) is 23.9. The molecule has 2 heterocycles. The van der Waals surface area contributed by atoms with Gasteiger partial charge < -0.3 is 15.6 Å². The molecule has 3 N–H and O–H groups in total. The summed E-state index contributed by atoms with van der Waals surface area (Å²) >= 11 is 0. The molecule has 12 heteroatoms. The van der Waals surface area contributed by atoms with E-state index in [1.165, 1.54) is 47.2 Å². The number of carbonyl (C=O) groups is 2. The summed E-state index contributed by atoms with van der Waals surface area (Å²) in [6.07, 6.45) is -2.82. The van der Waals surface area contributed by atoms with Crippen LogP contribution in [0.2, 0.25) is 0 Å². The van der Waals surface area contributed by atoms with Crippen molar-refractivity contribution in [3.05, 3.63) is 47.3 Å². The van der Waals surface area contributed by atoms with E-state index in [1.807, 2.05) is 0 Å². The highest BCUT2D eigenvalue weighted by Crippen LogP contribution is 2.34. The van der Waals surface area contributed by atoms with Crippen molar-refractivity contribution >= 4 is 27.5 Å². The highest BCUT2D eigenvalue weighted by atomic mass is 32.2. The molecule has 0 saturated carbocycles. The highest BCUT2D eigenvalue weighted by molar-refractivity contribution is 7.89. The number of nitrogens with one attached hydrogen (secondary N) is 1. The Morgan fingerprint density at radius 2 is 1.78 bits per heavy atom. The Morgan fingerprint density at radius 3 is 2.31 bits per heavy atom. The molecule has 0 radical (unpaired) electrons. The van der Waals surface area contributed by atoms with Gasteiger partial charge in [0, 0.05) is 37.9 Å². The molecule has 0 spiro atoms. The number of piperidine rings is 1. The predicted molar refractivity (Wildman–Crippen MR) is 110 cm³/mol. The third-order valence-electron chi connectivity index (χ3n) is 5.51. The van der Waals surface area contributed by atoms with E-state index in [4.69, 9.17) is 5.73 Å². The second-order valence-electron chi connectivity index (χ2n) is 7.73. The van der Waals surface area contributed by atoms with E-state index in [2.05, 4.69) is 5.32 Å². The second kappa shape index (κ2) is 8.58. The average Bonchev–Trinajstić information content (AvgIpc) is 3.11. The molecule has 2 amide bonds. The predicted octanol–water partition coefficient (Wildman–Crippen LogP) is 2.49. The first kappa shape index (κ1) is 23.8. The largest absolute Gasteiger partial charge is 0.416 e. The molecular weight excluding hydrogens is 449 g/mol. The van der Waals surface area contributed by atoms with Crippen LogP contribution >= 0.6 is 0 Å². The number of aryl methyl sites for hydroxylation is 2. The summed E-state index contributed by atoms with van der Waals surface area (Å²) in [5, 5.41) is 2.50. The van der Waals surface area contributed by atoms with Gasteiger partial charge in [-0.1, -0.05) is 6.07 Å². The zero-order chi connectivity index (χ0) is 23.8. The van der Waals surface area contributed by atoms with Gasteiger partial charge in [-0.2, -0.15) is 17.5 Å².